The zero-order valence-electron chi connectivity index (χ0n) is 15.1. The summed E-state index contributed by atoms with van der Waals surface area (Å²) in [6.07, 6.45) is 4.27. The maximum absolute atomic E-state index is 13.4. The summed E-state index contributed by atoms with van der Waals surface area (Å²) in [5.74, 6) is -1.47. The van der Waals surface area contributed by atoms with Gasteiger partial charge in [0.1, 0.15) is 11.5 Å². The highest BCUT2D eigenvalue weighted by molar-refractivity contribution is 6.08. The van der Waals surface area contributed by atoms with Gasteiger partial charge in [-0.3, -0.25) is 9.59 Å². The lowest BCUT2D eigenvalue weighted by Gasteiger charge is -2.22. The van der Waals surface area contributed by atoms with E-state index in [4.69, 9.17) is 9.47 Å². The SMILES string of the molecule is CCCOC(=O)[C@H]1[C@H]2C=C[C@@]3(CN(c4cccc5ccccc45)C(=O)[C@@H]13)O2. The largest absolute Gasteiger partial charge is 0.465 e. The highest BCUT2D eigenvalue weighted by atomic mass is 16.6. The van der Waals surface area contributed by atoms with Crippen molar-refractivity contribution in [2.45, 2.75) is 25.0 Å². The van der Waals surface area contributed by atoms with Gasteiger partial charge in [-0.15, -0.1) is 0 Å². The van der Waals surface area contributed by atoms with E-state index in [0.717, 1.165) is 22.9 Å². The second-order valence-electron chi connectivity index (χ2n) is 7.49. The molecule has 2 bridgehead atoms. The van der Waals surface area contributed by atoms with Crippen LogP contribution in [0.1, 0.15) is 13.3 Å². The van der Waals surface area contributed by atoms with Crippen molar-refractivity contribution in [2.24, 2.45) is 11.8 Å². The minimum atomic E-state index is -0.728. The van der Waals surface area contributed by atoms with Crippen LogP contribution < -0.4 is 4.90 Å². The summed E-state index contributed by atoms with van der Waals surface area (Å²) in [4.78, 5) is 27.8. The quantitative estimate of drug-likeness (QED) is 0.619. The van der Waals surface area contributed by atoms with Crippen molar-refractivity contribution in [1.29, 1.82) is 0 Å². The Kier molecular flexibility index (Phi) is 3.62. The van der Waals surface area contributed by atoms with Gasteiger partial charge in [0.15, 0.2) is 0 Å². The topological polar surface area (TPSA) is 55.8 Å². The molecule has 2 aromatic carbocycles. The van der Waals surface area contributed by atoms with Gasteiger partial charge in [-0.1, -0.05) is 55.5 Å². The summed E-state index contributed by atoms with van der Waals surface area (Å²) in [7, 11) is 0. The van der Waals surface area contributed by atoms with Gasteiger partial charge in [0.05, 0.1) is 30.9 Å². The third kappa shape index (κ3) is 2.28. The molecule has 3 heterocycles. The predicted octanol–water partition coefficient (Wildman–Crippen LogP) is 3.08. The van der Waals surface area contributed by atoms with E-state index in [2.05, 4.69) is 0 Å². The van der Waals surface area contributed by atoms with E-state index >= 15 is 0 Å². The number of rotatable bonds is 4. The molecule has 2 saturated heterocycles. The van der Waals surface area contributed by atoms with E-state index in [1.54, 1.807) is 4.90 Å². The number of ether oxygens (including phenoxy) is 2. The van der Waals surface area contributed by atoms with Crippen molar-refractivity contribution in [3.63, 3.8) is 0 Å². The van der Waals surface area contributed by atoms with E-state index in [9.17, 15) is 9.59 Å². The molecule has 3 aliphatic rings. The van der Waals surface area contributed by atoms with Gasteiger partial charge in [0, 0.05) is 5.39 Å². The van der Waals surface area contributed by atoms with Gasteiger partial charge >= 0.3 is 5.97 Å². The molecule has 138 valence electrons. The number of carbonyl (C=O) groups is 2. The smallest absolute Gasteiger partial charge is 0.312 e. The Hall–Kier alpha value is -2.66. The molecular formula is C22H21NO4. The summed E-state index contributed by atoms with van der Waals surface area (Å²) < 4.78 is 11.5. The second-order valence-corrected chi connectivity index (χ2v) is 7.49. The Balaban J connectivity index is 1.53. The number of hydrogen-bond acceptors (Lipinski definition) is 4. The maximum Gasteiger partial charge on any atom is 0.312 e. The highest BCUT2D eigenvalue weighted by Crippen LogP contribution is 2.53. The zero-order valence-corrected chi connectivity index (χ0v) is 15.1. The molecule has 5 nitrogen and oxygen atoms in total. The fourth-order valence-electron chi connectivity index (χ4n) is 4.71. The fraction of sp³-hybridized carbons (Fsp3) is 0.364. The second kappa shape index (κ2) is 5.92. The van der Waals surface area contributed by atoms with Crippen molar-refractivity contribution in [3.05, 3.63) is 54.6 Å². The molecule has 0 aromatic heterocycles. The van der Waals surface area contributed by atoms with Crippen LogP contribution in [0.2, 0.25) is 0 Å². The molecular weight excluding hydrogens is 342 g/mol. The van der Waals surface area contributed by atoms with Gasteiger partial charge in [-0.05, 0) is 17.9 Å². The van der Waals surface area contributed by atoms with Crippen LogP contribution in [-0.4, -0.2) is 36.7 Å². The van der Waals surface area contributed by atoms with Crippen LogP contribution in [0.25, 0.3) is 10.8 Å². The van der Waals surface area contributed by atoms with Crippen molar-refractivity contribution in [2.75, 3.05) is 18.1 Å². The highest BCUT2D eigenvalue weighted by Gasteiger charge is 2.67. The molecule has 0 N–H and O–H groups in total. The normalized spacial score (nSPS) is 30.9. The van der Waals surface area contributed by atoms with Gasteiger partial charge < -0.3 is 14.4 Å². The molecule has 27 heavy (non-hydrogen) atoms. The monoisotopic (exact) mass is 363 g/mol. The van der Waals surface area contributed by atoms with Crippen LogP contribution in [0.5, 0.6) is 0 Å². The van der Waals surface area contributed by atoms with Crippen LogP contribution in [0.3, 0.4) is 0 Å². The molecule has 0 unspecified atom stereocenters. The number of fused-ring (bicyclic) bond motifs is 2. The van der Waals surface area contributed by atoms with Gasteiger partial charge in [-0.25, -0.2) is 0 Å². The number of amides is 1. The van der Waals surface area contributed by atoms with E-state index < -0.39 is 17.4 Å². The average molecular weight is 363 g/mol. The Morgan fingerprint density at radius 2 is 2.07 bits per heavy atom. The molecule has 2 aromatic rings. The lowest BCUT2D eigenvalue weighted by atomic mass is 9.77. The van der Waals surface area contributed by atoms with Crippen LogP contribution >= 0.6 is 0 Å². The number of benzene rings is 2. The van der Waals surface area contributed by atoms with Crippen LogP contribution in [0.15, 0.2) is 54.6 Å². The molecule has 2 fully saturated rings. The first kappa shape index (κ1) is 16.5. The van der Waals surface area contributed by atoms with Crippen LogP contribution in [0, 0.1) is 11.8 Å². The number of hydrogen-bond donors (Lipinski definition) is 0. The maximum atomic E-state index is 13.4. The van der Waals surface area contributed by atoms with Gasteiger partial charge in [-0.2, -0.15) is 0 Å². The standard InChI is InChI=1S/C22H21NO4/c1-2-12-26-21(25)18-17-10-11-22(27-17)13-23(20(24)19(18)22)16-9-5-7-14-6-3-4-8-15(14)16/h3-11,17-19H,2,12-13H2,1H3/t17-,18+,19-,22+/m1/s1. The summed E-state index contributed by atoms with van der Waals surface area (Å²) >= 11 is 0. The molecule has 3 aliphatic heterocycles. The van der Waals surface area contributed by atoms with Crippen molar-refractivity contribution in [1.82, 2.24) is 0 Å². The predicted molar refractivity (Wildman–Crippen MR) is 101 cm³/mol. The van der Waals surface area contributed by atoms with E-state index in [1.807, 2.05) is 61.5 Å². The number of carbonyl (C=O) groups excluding carboxylic acids is 2. The molecule has 0 saturated carbocycles. The molecule has 5 heteroatoms. The van der Waals surface area contributed by atoms with E-state index in [1.165, 1.54) is 0 Å². The van der Waals surface area contributed by atoms with Gasteiger partial charge in [0.2, 0.25) is 5.91 Å². The first-order valence-corrected chi connectivity index (χ1v) is 9.47. The van der Waals surface area contributed by atoms with Crippen molar-refractivity contribution >= 4 is 28.3 Å². The third-order valence-corrected chi connectivity index (χ3v) is 5.88. The van der Waals surface area contributed by atoms with E-state index in [-0.39, 0.29) is 18.0 Å². The Labute approximate surface area is 157 Å². The fourth-order valence-corrected chi connectivity index (χ4v) is 4.71. The van der Waals surface area contributed by atoms with Crippen LogP contribution in [-0.2, 0) is 19.1 Å². The molecule has 1 spiro atoms. The number of esters is 1. The van der Waals surface area contributed by atoms with E-state index in [0.29, 0.717) is 13.2 Å². The molecule has 5 rings (SSSR count). The zero-order chi connectivity index (χ0) is 18.6. The number of anilines is 1. The summed E-state index contributed by atoms with van der Waals surface area (Å²) in [5.41, 5.74) is 0.136. The molecule has 4 atom stereocenters. The summed E-state index contributed by atoms with van der Waals surface area (Å²) in [5, 5.41) is 2.10. The molecule has 1 amide bonds. The lowest BCUT2D eigenvalue weighted by molar-refractivity contribution is -0.152. The summed E-state index contributed by atoms with van der Waals surface area (Å²) in [6.45, 7) is 2.75. The number of nitrogens with zero attached hydrogens (tertiary/aromatic N) is 1. The van der Waals surface area contributed by atoms with Crippen LogP contribution in [0.4, 0.5) is 5.69 Å². The van der Waals surface area contributed by atoms with Crippen molar-refractivity contribution in [3.8, 4) is 0 Å². The minimum absolute atomic E-state index is 0.0587. The summed E-state index contributed by atoms with van der Waals surface area (Å²) in [6, 6.07) is 14.0. The Morgan fingerprint density at radius 1 is 1.26 bits per heavy atom. The first-order valence-electron chi connectivity index (χ1n) is 9.47. The Morgan fingerprint density at radius 3 is 2.93 bits per heavy atom. The van der Waals surface area contributed by atoms with Crippen molar-refractivity contribution < 1.29 is 19.1 Å². The van der Waals surface area contributed by atoms with Gasteiger partial charge in [0.25, 0.3) is 0 Å². The third-order valence-electron chi connectivity index (χ3n) is 5.88. The lowest BCUT2D eigenvalue weighted by Crippen LogP contribution is -2.40. The molecule has 0 aliphatic carbocycles. The Bertz CT molecular complexity index is 962. The average Bonchev–Trinajstić information content (AvgIpc) is 3.34. The first-order chi connectivity index (χ1) is 13.1. The molecule has 0 radical (unpaired) electrons. The minimum Gasteiger partial charge on any atom is -0.465 e.